The fourth-order valence-electron chi connectivity index (χ4n) is 3.60. The van der Waals surface area contributed by atoms with Gasteiger partial charge in [-0.3, -0.25) is 0 Å². The molecular formula is C17H22N4. The van der Waals surface area contributed by atoms with Gasteiger partial charge in [0.1, 0.15) is 11.6 Å². The summed E-state index contributed by atoms with van der Waals surface area (Å²) < 4.78 is 2.38. The van der Waals surface area contributed by atoms with Crippen molar-refractivity contribution in [1.82, 2.24) is 20.1 Å². The molecule has 110 valence electrons. The van der Waals surface area contributed by atoms with Crippen molar-refractivity contribution in [2.24, 2.45) is 0 Å². The lowest BCUT2D eigenvalue weighted by molar-refractivity contribution is 0.387. The van der Waals surface area contributed by atoms with Crippen LogP contribution >= 0.6 is 0 Å². The monoisotopic (exact) mass is 282 g/mol. The molecule has 1 fully saturated rings. The molecule has 0 amide bonds. The van der Waals surface area contributed by atoms with Gasteiger partial charge in [-0.1, -0.05) is 43.7 Å². The molecule has 0 saturated heterocycles. The number of hydrogen-bond acceptors (Lipinski definition) is 3. The number of nitrogens with zero attached hydrogens (tertiary/aromatic N) is 3. The summed E-state index contributed by atoms with van der Waals surface area (Å²) in [6.45, 7) is 4.27. The highest BCUT2D eigenvalue weighted by Gasteiger charge is 2.44. The highest BCUT2D eigenvalue weighted by molar-refractivity contribution is 5.31. The third-order valence-corrected chi connectivity index (χ3v) is 4.77. The van der Waals surface area contributed by atoms with Gasteiger partial charge in [0.2, 0.25) is 0 Å². The van der Waals surface area contributed by atoms with E-state index in [-0.39, 0.29) is 0 Å². The maximum absolute atomic E-state index is 4.54. The molecule has 0 spiro atoms. The van der Waals surface area contributed by atoms with Crippen molar-refractivity contribution in [3.63, 3.8) is 0 Å². The Balaban J connectivity index is 1.58. The van der Waals surface area contributed by atoms with Crippen molar-refractivity contribution in [2.75, 3.05) is 6.54 Å². The summed E-state index contributed by atoms with van der Waals surface area (Å²) in [6.07, 6.45) is 3.54. The second-order valence-corrected chi connectivity index (χ2v) is 6.22. The van der Waals surface area contributed by atoms with E-state index in [4.69, 9.17) is 0 Å². The SMILES string of the molecule is CCCC1NCCn2c1nnc2C1CC1c1ccccc1. The molecule has 4 nitrogen and oxygen atoms in total. The number of aromatic nitrogens is 3. The summed E-state index contributed by atoms with van der Waals surface area (Å²) in [5.74, 6) is 3.56. The molecule has 3 atom stereocenters. The molecule has 2 aromatic rings. The molecular weight excluding hydrogens is 260 g/mol. The van der Waals surface area contributed by atoms with Crippen molar-refractivity contribution in [1.29, 1.82) is 0 Å². The molecule has 3 unspecified atom stereocenters. The third-order valence-electron chi connectivity index (χ3n) is 4.77. The van der Waals surface area contributed by atoms with E-state index in [9.17, 15) is 0 Å². The molecule has 0 bridgehead atoms. The van der Waals surface area contributed by atoms with Crippen molar-refractivity contribution < 1.29 is 0 Å². The smallest absolute Gasteiger partial charge is 0.150 e. The quantitative estimate of drug-likeness (QED) is 0.937. The van der Waals surface area contributed by atoms with Gasteiger partial charge < -0.3 is 9.88 Å². The minimum absolute atomic E-state index is 0.388. The first kappa shape index (κ1) is 13.0. The minimum atomic E-state index is 0.388. The van der Waals surface area contributed by atoms with Gasteiger partial charge in [-0.25, -0.2) is 0 Å². The summed E-state index contributed by atoms with van der Waals surface area (Å²) in [4.78, 5) is 0. The van der Waals surface area contributed by atoms with Gasteiger partial charge in [0, 0.05) is 19.0 Å². The predicted octanol–water partition coefficient (Wildman–Crippen LogP) is 2.99. The molecule has 4 rings (SSSR count). The lowest BCUT2D eigenvalue weighted by Gasteiger charge is -2.24. The van der Waals surface area contributed by atoms with E-state index in [1.807, 2.05) is 0 Å². The standard InChI is InChI=1S/C17H22N4/c1-2-6-15-17-20-19-16(21(17)10-9-18-15)14-11-13(14)12-7-4-3-5-8-12/h3-5,7-8,13-15,18H,2,6,9-11H2,1H3. The van der Waals surface area contributed by atoms with E-state index >= 15 is 0 Å². The van der Waals surface area contributed by atoms with Gasteiger partial charge in [-0.2, -0.15) is 0 Å². The zero-order valence-electron chi connectivity index (χ0n) is 12.5. The number of hydrogen-bond donors (Lipinski definition) is 1. The van der Waals surface area contributed by atoms with Gasteiger partial charge in [-0.15, -0.1) is 10.2 Å². The van der Waals surface area contributed by atoms with Crippen LogP contribution in [0.2, 0.25) is 0 Å². The van der Waals surface area contributed by atoms with Crippen LogP contribution < -0.4 is 5.32 Å². The van der Waals surface area contributed by atoms with Crippen molar-refractivity contribution in [3.05, 3.63) is 47.5 Å². The first-order valence-corrected chi connectivity index (χ1v) is 8.09. The van der Waals surface area contributed by atoms with Crippen molar-refractivity contribution >= 4 is 0 Å². The van der Waals surface area contributed by atoms with Crippen LogP contribution in [0, 0.1) is 0 Å². The number of benzene rings is 1. The van der Waals surface area contributed by atoms with Gasteiger partial charge in [0.05, 0.1) is 6.04 Å². The van der Waals surface area contributed by atoms with Crippen LogP contribution in [0.3, 0.4) is 0 Å². The maximum atomic E-state index is 4.54. The van der Waals surface area contributed by atoms with Crippen molar-refractivity contribution in [2.45, 2.75) is 50.6 Å². The first-order valence-electron chi connectivity index (χ1n) is 8.09. The molecule has 1 N–H and O–H groups in total. The Hall–Kier alpha value is -1.68. The maximum Gasteiger partial charge on any atom is 0.150 e. The summed E-state index contributed by atoms with van der Waals surface area (Å²) in [5, 5.41) is 12.6. The second kappa shape index (κ2) is 5.26. The van der Waals surface area contributed by atoms with E-state index in [1.165, 1.54) is 24.2 Å². The normalized spacial score (nSPS) is 27.4. The molecule has 1 saturated carbocycles. The Kier molecular flexibility index (Phi) is 3.26. The average Bonchev–Trinajstić information content (AvgIpc) is 3.20. The Labute approximate surface area is 125 Å². The average molecular weight is 282 g/mol. The molecule has 2 heterocycles. The van der Waals surface area contributed by atoms with Gasteiger partial charge in [0.25, 0.3) is 0 Å². The highest BCUT2D eigenvalue weighted by atomic mass is 15.3. The van der Waals surface area contributed by atoms with E-state index in [0.717, 1.165) is 25.3 Å². The van der Waals surface area contributed by atoms with Gasteiger partial charge in [-0.05, 0) is 24.3 Å². The molecule has 2 aliphatic rings. The molecule has 4 heteroatoms. The summed E-state index contributed by atoms with van der Waals surface area (Å²) in [6, 6.07) is 11.2. The number of fused-ring (bicyclic) bond motifs is 1. The van der Waals surface area contributed by atoms with E-state index in [1.54, 1.807) is 0 Å². The molecule has 1 aromatic heterocycles. The van der Waals surface area contributed by atoms with Crippen LogP contribution in [0.15, 0.2) is 30.3 Å². The second-order valence-electron chi connectivity index (χ2n) is 6.22. The Morgan fingerprint density at radius 1 is 1.14 bits per heavy atom. The Morgan fingerprint density at radius 2 is 1.95 bits per heavy atom. The fourth-order valence-corrected chi connectivity index (χ4v) is 3.60. The largest absolute Gasteiger partial charge is 0.312 e. The fraction of sp³-hybridized carbons (Fsp3) is 0.529. The zero-order chi connectivity index (χ0) is 14.2. The van der Waals surface area contributed by atoms with E-state index in [2.05, 4.69) is 57.3 Å². The Morgan fingerprint density at radius 3 is 2.76 bits per heavy atom. The molecule has 1 aliphatic carbocycles. The summed E-state index contributed by atoms with van der Waals surface area (Å²) in [5.41, 5.74) is 1.44. The summed E-state index contributed by atoms with van der Waals surface area (Å²) >= 11 is 0. The van der Waals surface area contributed by atoms with Gasteiger partial charge >= 0.3 is 0 Å². The predicted molar refractivity (Wildman–Crippen MR) is 82.2 cm³/mol. The zero-order valence-corrected chi connectivity index (χ0v) is 12.5. The van der Waals surface area contributed by atoms with Crippen LogP contribution in [-0.2, 0) is 6.54 Å². The lowest BCUT2D eigenvalue weighted by atomic mass is 10.1. The summed E-state index contributed by atoms with van der Waals surface area (Å²) in [7, 11) is 0. The van der Waals surface area contributed by atoms with Crippen molar-refractivity contribution in [3.8, 4) is 0 Å². The molecule has 21 heavy (non-hydrogen) atoms. The minimum Gasteiger partial charge on any atom is -0.312 e. The van der Waals surface area contributed by atoms with Crippen LogP contribution in [0.25, 0.3) is 0 Å². The Bertz CT molecular complexity index is 619. The topological polar surface area (TPSA) is 42.7 Å². The van der Waals surface area contributed by atoms with E-state index < -0.39 is 0 Å². The number of nitrogens with one attached hydrogen (secondary N) is 1. The third kappa shape index (κ3) is 2.27. The van der Waals surface area contributed by atoms with Crippen LogP contribution in [0.1, 0.15) is 61.3 Å². The van der Waals surface area contributed by atoms with E-state index in [0.29, 0.717) is 17.9 Å². The van der Waals surface area contributed by atoms with Gasteiger partial charge in [0.15, 0.2) is 0 Å². The number of rotatable bonds is 4. The van der Waals surface area contributed by atoms with Crippen LogP contribution in [0.4, 0.5) is 0 Å². The highest BCUT2D eigenvalue weighted by Crippen LogP contribution is 2.54. The molecule has 0 radical (unpaired) electrons. The molecule has 1 aromatic carbocycles. The van der Waals surface area contributed by atoms with Crippen LogP contribution in [0.5, 0.6) is 0 Å². The van der Waals surface area contributed by atoms with Crippen LogP contribution in [-0.4, -0.2) is 21.3 Å². The lowest BCUT2D eigenvalue weighted by Crippen LogP contribution is -2.34. The molecule has 1 aliphatic heterocycles. The first-order chi connectivity index (χ1) is 10.4.